The van der Waals surface area contributed by atoms with Crippen LogP contribution in [0.4, 0.5) is 0 Å². The van der Waals surface area contributed by atoms with E-state index in [4.69, 9.17) is 4.74 Å². The average molecular weight is 395 g/mol. The highest BCUT2D eigenvalue weighted by atomic mass is 16.5. The molecule has 0 radical (unpaired) electrons. The van der Waals surface area contributed by atoms with Gasteiger partial charge in [0.15, 0.2) is 0 Å². The van der Waals surface area contributed by atoms with Crippen molar-refractivity contribution in [3.8, 4) is 0 Å². The Morgan fingerprint density at radius 3 is 1.93 bits per heavy atom. The number of rotatable bonds is 9. The third kappa shape index (κ3) is 6.43. The quantitative estimate of drug-likeness (QED) is 0.683. The fraction of sp³-hybridized carbons (Fsp3) is 0.417. The van der Waals surface area contributed by atoms with Gasteiger partial charge >= 0.3 is 5.97 Å². The first kappa shape index (κ1) is 21.1. The summed E-state index contributed by atoms with van der Waals surface area (Å²) >= 11 is 0. The van der Waals surface area contributed by atoms with E-state index in [2.05, 4.69) is 5.32 Å². The molecule has 29 heavy (non-hydrogen) atoms. The molecule has 5 heteroatoms. The number of carboxylic acids is 1. The summed E-state index contributed by atoms with van der Waals surface area (Å²) in [4.78, 5) is 24.8. The van der Waals surface area contributed by atoms with Crippen molar-refractivity contribution >= 4 is 11.9 Å². The second-order valence-electron chi connectivity index (χ2n) is 7.72. The Hall–Kier alpha value is -2.66. The summed E-state index contributed by atoms with van der Waals surface area (Å²) in [6.07, 6.45) is 2.70. The molecule has 1 amide bonds. The van der Waals surface area contributed by atoms with E-state index < -0.39 is 11.9 Å². The normalized spacial score (nSPS) is 15.8. The molecule has 1 unspecified atom stereocenters. The highest BCUT2D eigenvalue weighted by Crippen LogP contribution is 2.24. The lowest BCUT2D eigenvalue weighted by Crippen LogP contribution is -2.41. The maximum absolute atomic E-state index is 13.0. The van der Waals surface area contributed by atoms with Crippen LogP contribution in [0.1, 0.15) is 24.0 Å². The molecule has 1 atom stereocenters. The van der Waals surface area contributed by atoms with Gasteiger partial charge in [-0.3, -0.25) is 9.59 Å². The molecular weight excluding hydrogens is 366 g/mol. The smallest absolute Gasteiger partial charge is 0.308 e. The standard InChI is InChI=1S/C24H29NO4/c26-23(25-17-22(24(27)28)20-11-13-29-14-12-20)21(15-18-7-3-1-4-8-18)16-19-9-5-2-6-10-19/h1-10,20-22H,11-17H2,(H,25,26)(H,27,28). The second kappa shape index (κ2) is 10.8. The van der Waals surface area contributed by atoms with Gasteiger partial charge < -0.3 is 15.2 Å². The number of nitrogens with one attached hydrogen (secondary N) is 1. The van der Waals surface area contributed by atoms with Crippen molar-refractivity contribution in [1.29, 1.82) is 0 Å². The molecule has 1 aliphatic heterocycles. The number of amides is 1. The SMILES string of the molecule is O=C(NCC(C(=O)O)C1CCOCC1)C(Cc1ccccc1)Cc1ccccc1. The minimum Gasteiger partial charge on any atom is -0.481 e. The number of carbonyl (C=O) groups is 2. The Bertz CT molecular complexity index is 730. The Morgan fingerprint density at radius 2 is 1.45 bits per heavy atom. The first-order valence-corrected chi connectivity index (χ1v) is 10.3. The van der Waals surface area contributed by atoms with Gasteiger partial charge in [0.05, 0.1) is 5.92 Å². The monoisotopic (exact) mass is 395 g/mol. The summed E-state index contributed by atoms with van der Waals surface area (Å²) in [7, 11) is 0. The number of aliphatic carboxylic acids is 1. The molecule has 1 aliphatic rings. The molecule has 5 nitrogen and oxygen atoms in total. The van der Waals surface area contributed by atoms with Gasteiger partial charge in [-0.1, -0.05) is 60.7 Å². The number of benzene rings is 2. The Balaban J connectivity index is 1.66. The van der Waals surface area contributed by atoms with Gasteiger partial charge in [-0.15, -0.1) is 0 Å². The zero-order valence-corrected chi connectivity index (χ0v) is 16.6. The number of ether oxygens (including phenoxy) is 1. The van der Waals surface area contributed by atoms with Gasteiger partial charge in [0, 0.05) is 25.7 Å². The van der Waals surface area contributed by atoms with Gasteiger partial charge in [0.2, 0.25) is 5.91 Å². The molecule has 0 aromatic heterocycles. The van der Waals surface area contributed by atoms with Crippen molar-refractivity contribution in [2.24, 2.45) is 17.8 Å². The van der Waals surface area contributed by atoms with E-state index in [9.17, 15) is 14.7 Å². The average Bonchev–Trinajstić information content (AvgIpc) is 2.75. The first-order valence-electron chi connectivity index (χ1n) is 10.3. The Labute approximate surface area is 172 Å². The van der Waals surface area contributed by atoms with Crippen LogP contribution in [0.15, 0.2) is 60.7 Å². The Morgan fingerprint density at radius 1 is 0.931 bits per heavy atom. The summed E-state index contributed by atoms with van der Waals surface area (Å²) in [5, 5.41) is 12.6. The maximum Gasteiger partial charge on any atom is 0.308 e. The third-order valence-corrected chi connectivity index (χ3v) is 5.67. The van der Waals surface area contributed by atoms with Crippen molar-refractivity contribution in [1.82, 2.24) is 5.32 Å². The topological polar surface area (TPSA) is 75.6 Å². The molecule has 0 bridgehead atoms. The predicted molar refractivity (Wildman–Crippen MR) is 111 cm³/mol. The largest absolute Gasteiger partial charge is 0.481 e. The first-order chi connectivity index (χ1) is 14.1. The molecule has 2 N–H and O–H groups in total. The lowest BCUT2D eigenvalue weighted by atomic mass is 9.85. The molecule has 0 spiro atoms. The van der Waals surface area contributed by atoms with Crippen LogP contribution in [-0.4, -0.2) is 36.7 Å². The maximum atomic E-state index is 13.0. The summed E-state index contributed by atoms with van der Waals surface area (Å²) in [6, 6.07) is 19.9. The number of carboxylic acid groups (broad SMARTS) is 1. The van der Waals surface area contributed by atoms with Crippen molar-refractivity contribution in [2.75, 3.05) is 19.8 Å². The van der Waals surface area contributed by atoms with Crippen LogP contribution < -0.4 is 5.32 Å². The van der Waals surface area contributed by atoms with Crippen LogP contribution in [0.25, 0.3) is 0 Å². The van der Waals surface area contributed by atoms with Gasteiger partial charge in [-0.2, -0.15) is 0 Å². The third-order valence-electron chi connectivity index (χ3n) is 5.67. The predicted octanol–water partition coefficient (Wildman–Crippen LogP) is 3.33. The van der Waals surface area contributed by atoms with Crippen LogP contribution in [0.5, 0.6) is 0 Å². The fourth-order valence-corrected chi connectivity index (χ4v) is 3.98. The zero-order chi connectivity index (χ0) is 20.5. The van der Waals surface area contributed by atoms with Gasteiger partial charge in [0.1, 0.15) is 0 Å². The summed E-state index contributed by atoms with van der Waals surface area (Å²) in [6.45, 7) is 1.35. The minimum atomic E-state index is -0.847. The molecule has 2 aromatic carbocycles. The van der Waals surface area contributed by atoms with Crippen LogP contribution in [0, 0.1) is 17.8 Å². The van der Waals surface area contributed by atoms with E-state index in [0.717, 1.165) is 24.0 Å². The summed E-state index contributed by atoms with van der Waals surface area (Å²) < 4.78 is 5.35. The van der Waals surface area contributed by atoms with E-state index in [1.165, 1.54) is 0 Å². The fourth-order valence-electron chi connectivity index (χ4n) is 3.98. The minimum absolute atomic E-state index is 0.0447. The van der Waals surface area contributed by atoms with Crippen LogP contribution in [-0.2, 0) is 27.2 Å². The Kier molecular flexibility index (Phi) is 7.82. The van der Waals surface area contributed by atoms with Gasteiger partial charge in [0.25, 0.3) is 0 Å². The molecule has 2 aromatic rings. The summed E-state index contributed by atoms with van der Waals surface area (Å²) in [5.74, 6) is -1.71. The molecule has 3 rings (SSSR count). The van der Waals surface area contributed by atoms with Crippen molar-refractivity contribution in [3.05, 3.63) is 71.8 Å². The van der Waals surface area contributed by atoms with Gasteiger partial charge in [-0.05, 0) is 42.7 Å². The van der Waals surface area contributed by atoms with Crippen molar-refractivity contribution < 1.29 is 19.4 Å². The van der Waals surface area contributed by atoms with E-state index >= 15 is 0 Å². The number of carbonyl (C=O) groups excluding carboxylic acids is 1. The molecule has 0 aliphatic carbocycles. The van der Waals surface area contributed by atoms with Crippen LogP contribution >= 0.6 is 0 Å². The van der Waals surface area contributed by atoms with E-state index in [0.29, 0.717) is 26.1 Å². The lowest BCUT2D eigenvalue weighted by molar-refractivity contribution is -0.145. The molecule has 1 saturated heterocycles. The zero-order valence-electron chi connectivity index (χ0n) is 16.6. The second-order valence-corrected chi connectivity index (χ2v) is 7.72. The van der Waals surface area contributed by atoms with Crippen LogP contribution in [0.3, 0.4) is 0 Å². The van der Waals surface area contributed by atoms with E-state index in [1.807, 2.05) is 60.7 Å². The number of hydrogen-bond acceptors (Lipinski definition) is 3. The molecular formula is C24H29NO4. The van der Waals surface area contributed by atoms with Crippen molar-refractivity contribution in [2.45, 2.75) is 25.7 Å². The molecule has 0 saturated carbocycles. The molecule has 1 fully saturated rings. The van der Waals surface area contributed by atoms with Gasteiger partial charge in [-0.25, -0.2) is 0 Å². The highest BCUT2D eigenvalue weighted by molar-refractivity contribution is 5.80. The van der Waals surface area contributed by atoms with E-state index in [1.54, 1.807) is 0 Å². The van der Waals surface area contributed by atoms with Crippen molar-refractivity contribution in [3.63, 3.8) is 0 Å². The molecule has 1 heterocycles. The highest BCUT2D eigenvalue weighted by Gasteiger charge is 2.31. The number of hydrogen-bond donors (Lipinski definition) is 2. The summed E-state index contributed by atoms with van der Waals surface area (Å²) in [5.41, 5.74) is 2.20. The van der Waals surface area contributed by atoms with Crippen LogP contribution in [0.2, 0.25) is 0 Å². The van der Waals surface area contributed by atoms with E-state index in [-0.39, 0.29) is 24.3 Å². The lowest BCUT2D eigenvalue weighted by Gasteiger charge is -2.28. The molecule has 154 valence electrons.